The number of amides is 2. The maximum absolute atomic E-state index is 13.2. The molecule has 0 unspecified atom stereocenters. The van der Waals surface area contributed by atoms with Crippen LogP contribution in [0.5, 0.6) is 11.5 Å². The van der Waals surface area contributed by atoms with E-state index >= 15 is 0 Å². The van der Waals surface area contributed by atoms with Crippen molar-refractivity contribution >= 4 is 28.6 Å². The molecule has 8 nitrogen and oxygen atoms in total. The van der Waals surface area contributed by atoms with Gasteiger partial charge >= 0.3 is 5.97 Å². The number of hydrogen-bond acceptors (Lipinski definition) is 5. The van der Waals surface area contributed by atoms with Crippen LogP contribution < -0.4 is 20.1 Å². The number of rotatable bonds is 12. The average molecular weight is 527 g/mol. The monoisotopic (exact) mass is 526 g/mol. The van der Waals surface area contributed by atoms with E-state index in [1.807, 2.05) is 60.7 Å². The first-order valence-corrected chi connectivity index (χ1v) is 12.5. The predicted octanol–water partition coefficient (Wildman–Crippen LogP) is 3.77. The molecule has 4 aromatic carbocycles. The molecule has 0 radical (unpaired) electrons. The molecule has 0 fully saturated rings. The minimum Gasteiger partial charge on any atom is -0.497 e. The maximum atomic E-state index is 13.2. The number of ether oxygens (including phenoxy) is 2. The Morgan fingerprint density at radius 1 is 0.718 bits per heavy atom. The van der Waals surface area contributed by atoms with Gasteiger partial charge in [0.05, 0.1) is 7.11 Å². The quantitative estimate of drug-likeness (QED) is 0.259. The van der Waals surface area contributed by atoms with Crippen LogP contribution in [0, 0.1) is 0 Å². The number of methoxy groups -OCH3 is 1. The van der Waals surface area contributed by atoms with E-state index in [4.69, 9.17) is 9.47 Å². The number of carbonyl (C=O) groups excluding carboxylic acids is 2. The highest BCUT2D eigenvalue weighted by Crippen LogP contribution is 2.25. The zero-order valence-corrected chi connectivity index (χ0v) is 21.5. The molecule has 200 valence electrons. The van der Waals surface area contributed by atoms with Crippen molar-refractivity contribution in [1.29, 1.82) is 0 Å². The number of hydrogen-bond donors (Lipinski definition) is 3. The molecule has 2 atom stereocenters. The van der Waals surface area contributed by atoms with Crippen LogP contribution in [0.3, 0.4) is 0 Å². The molecular formula is C31H30N2O6. The van der Waals surface area contributed by atoms with Gasteiger partial charge in [-0.05, 0) is 46.2 Å². The Kier molecular flexibility index (Phi) is 9.13. The van der Waals surface area contributed by atoms with Crippen LogP contribution in [0.15, 0.2) is 97.1 Å². The molecule has 0 aliphatic heterocycles. The van der Waals surface area contributed by atoms with E-state index in [0.717, 1.165) is 21.9 Å². The summed E-state index contributed by atoms with van der Waals surface area (Å²) in [5.74, 6) is -1.06. The topological polar surface area (TPSA) is 114 Å². The van der Waals surface area contributed by atoms with Gasteiger partial charge in [0.1, 0.15) is 23.6 Å². The van der Waals surface area contributed by atoms with Gasteiger partial charge in [-0.1, -0.05) is 72.8 Å². The molecule has 39 heavy (non-hydrogen) atoms. The molecule has 8 heteroatoms. The van der Waals surface area contributed by atoms with Gasteiger partial charge in [-0.3, -0.25) is 9.59 Å². The molecule has 0 heterocycles. The number of fused-ring (bicyclic) bond motifs is 1. The minimum absolute atomic E-state index is 0.115. The first kappa shape index (κ1) is 27.2. The van der Waals surface area contributed by atoms with Crippen LogP contribution in [0.4, 0.5) is 0 Å². The molecule has 4 rings (SSSR count). The third-order valence-electron chi connectivity index (χ3n) is 6.22. The molecule has 0 aliphatic rings. The smallest absolute Gasteiger partial charge is 0.326 e. The number of nitrogens with one attached hydrogen (secondary N) is 2. The lowest BCUT2D eigenvalue weighted by molar-refractivity contribution is -0.142. The molecule has 0 bridgehead atoms. The number of carbonyl (C=O) groups is 3. The first-order valence-electron chi connectivity index (χ1n) is 12.5. The van der Waals surface area contributed by atoms with E-state index in [-0.39, 0.29) is 19.4 Å². The summed E-state index contributed by atoms with van der Waals surface area (Å²) in [7, 11) is 1.59. The fraction of sp³-hybridized carbons (Fsp3) is 0.194. The Morgan fingerprint density at radius 2 is 1.28 bits per heavy atom. The van der Waals surface area contributed by atoms with E-state index in [9.17, 15) is 19.5 Å². The minimum atomic E-state index is -1.16. The highest BCUT2D eigenvalue weighted by molar-refractivity contribution is 5.91. The maximum Gasteiger partial charge on any atom is 0.326 e. The average Bonchev–Trinajstić information content (AvgIpc) is 2.96. The Morgan fingerprint density at radius 3 is 1.87 bits per heavy atom. The summed E-state index contributed by atoms with van der Waals surface area (Å²) in [5, 5.41) is 16.9. The van der Waals surface area contributed by atoms with Crippen molar-refractivity contribution in [2.24, 2.45) is 0 Å². The largest absolute Gasteiger partial charge is 0.497 e. The van der Waals surface area contributed by atoms with Gasteiger partial charge in [0.15, 0.2) is 6.61 Å². The van der Waals surface area contributed by atoms with Crippen LogP contribution in [-0.4, -0.2) is 48.7 Å². The van der Waals surface area contributed by atoms with Crippen molar-refractivity contribution in [2.75, 3.05) is 13.7 Å². The SMILES string of the molecule is COc1ccc2ccc(OCC(=O)N[C@@H](Cc3ccccc3)C(=O)N[C@@H](Cc3ccccc3)C(=O)O)cc2c1. The zero-order valence-electron chi connectivity index (χ0n) is 21.5. The lowest BCUT2D eigenvalue weighted by atomic mass is 10.0. The van der Waals surface area contributed by atoms with Gasteiger partial charge < -0.3 is 25.2 Å². The second kappa shape index (κ2) is 13.1. The van der Waals surface area contributed by atoms with Crippen molar-refractivity contribution in [3.63, 3.8) is 0 Å². The Labute approximate surface area is 226 Å². The Balaban J connectivity index is 1.43. The second-order valence-electron chi connectivity index (χ2n) is 9.06. The second-order valence-corrected chi connectivity index (χ2v) is 9.06. The summed E-state index contributed by atoms with van der Waals surface area (Å²) >= 11 is 0. The Bertz CT molecular complexity index is 1430. The van der Waals surface area contributed by atoms with Crippen molar-refractivity contribution in [2.45, 2.75) is 24.9 Å². The number of aliphatic carboxylic acids is 1. The number of benzene rings is 4. The van der Waals surface area contributed by atoms with E-state index < -0.39 is 29.9 Å². The first-order chi connectivity index (χ1) is 18.9. The van der Waals surface area contributed by atoms with Crippen molar-refractivity contribution < 1.29 is 29.0 Å². The summed E-state index contributed by atoms with van der Waals surface area (Å²) < 4.78 is 11.0. The lowest BCUT2D eigenvalue weighted by Crippen LogP contribution is -2.53. The standard InChI is InChI=1S/C31H30N2O6/c1-38-25-14-12-23-13-15-26(19-24(23)18-25)39-20-29(34)32-27(16-21-8-4-2-5-9-21)30(35)33-28(31(36)37)17-22-10-6-3-7-11-22/h2-15,18-19,27-28H,16-17,20H2,1H3,(H,32,34)(H,33,35)(H,36,37)/t27-,28-/m0/s1. The molecule has 2 amide bonds. The fourth-order valence-corrected chi connectivity index (χ4v) is 4.19. The van der Waals surface area contributed by atoms with Gasteiger partial charge in [0.2, 0.25) is 5.91 Å². The third-order valence-corrected chi connectivity index (χ3v) is 6.22. The summed E-state index contributed by atoms with van der Waals surface area (Å²) in [6.45, 7) is -0.319. The van der Waals surface area contributed by atoms with Crippen molar-refractivity contribution in [3.05, 3.63) is 108 Å². The van der Waals surface area contributed by atoms with Crippen LogP contribution >= 0.6 is 0 Å². The van der Waals surface area contributed by atoms with Crippen LogP contribution in [0.25, 0.3) is 10.8 Å². The van der Waals surface area contributed by atoms with Gasteiger partial charge in [-0.2, -0.15) is 0 Å². The molecule has 0 spiro atoms. The van der Waals surface area contributed by atoms with Gasteiger partial charge in [0.25, 0.3) is 5.91 Å². The zero-order chi connectivity index (χ0) is 27.6. The number of carboxylic acid groups (broad SMARTS) is 1. The number of carboxylic acids is 1. The van der Waals surface area contributed by atoms with E-state index in [2.05, 4.69) is 10.6 Å². The van der Waals surface area contributed by atoms with E-state index in [0.29, 0.717) is 11.5 Å². The van der Waals surface area contributed by atoms with E-state index in [1.165, 1.54) is 0 Å². The third kappa shape index (κ3) is 7.82. The van der Waals surface area contributed by atoms with Crippen molar-refractivity contribution in [3.8, 4) is 11.5 Å². The molecule has 0 saturated heterocycles. The summed E-state index contributed by atoms with van der Waals surface area (Å²) in [6, 6.07) is 27.2. The van der Waals surface area contributed by atoms with Crippen molar-refractivity contribution in [1.82, 2.24) is 10.6 Å². The predicted molar refractivity (Wildman–Crippen MR) is 148 cm³/mol. The molecule has 0 aliphatic carbocycles. The summed E-state index contributed by atoms with van der Waals surface area (Å²) in [6.07, 6.45) is 0.301. The van der Waals surface area contributed by atoms with Crippen LogP contribution in [-0.2, 0) is 27.2 Å². The van der Waals surface area contributed by atoms with Crippen LogP contribution in [0.1, 0.15) is 11.1 Å². The molecule has 4 aromatic rings. The normalized spacial score (nSPS) is 12.2. The van der Waals surface area contributed by atoms with Gasteiger partial charge in [0, 0.05) is 12.8 Å². The summed E-state index contributed by atoms with van der Waals surface area (Å²) in [4.78, 5) is 38.0. The molecular weight excluding hydrogens is 496 g/mol. The highest BCUT2D eigenvalue weighted by atomic mass is 16.5. The fourth-order valence-electron chi connectivity index (χ4n) is 4.19. The highest BCUT2D eigenvalue weighted by Gasteiger charge is 2.27. The molecule has 0 aromatic heterocycles. The summed E-state index contributed by atoms with van der Waals surface area (Å²) in [5.41, 5.74) is 1.59. The van der Waals surface area contributed by atoms with Gasteiger partial charge in [-0.15, -0.1) is 0 Å². The lowest BCUT2D eigenvalue weighted by Gasteiger charge is -2.22. The van der Waals surface area contributed by atoms with E-state index in [1.54, 1.807) is 43.5 Å². The van der Waals surface area contributed by atoms with Crippen LogP contribution in [0.2, 0.25) is 0 Å². The molecule has 0 saturated carbocycles. The Hall–Kier alpha value is -4.85. The molecule has 3 N–H and O–H groups in total. The van der Waals surface area contributed by atoms with Gasteiger partial charge in [-0.25, -0.2) is 4.79 Å².